The highest BCUT2D eigenvalue weighted by molar-refractivity contribution is 4.94. The maximum Gasteiger partial charge on any atom is 0.133 e. The zero-order valence-corrected chi connectivity index (χ0v) is 7.48. The van der Waals surface area contributed by atoms with Gasteiger partial charge < -0.3 is 15.0 Å². The molecular formula is C8H14N4O. The summed E-state index contributed by atoms with van der Waals surface area (Å²) in [5.41, 5.74) is 0. The predicted molar refractivity (Wildman–Crippen MR) is 47.3 cm³/mol. The molecule has 0 saturated carbocycles. The fourth-order valence-electron chi connectivity index (χ4n) is 1.46. The van der Waals surface area contributed by atoms with Crippen LogP contribution in [-0.2, 0) is 6.42 Å². The van der Waals surface area contributed by atoms with Crippen LogP contribution in [0.1, 0.15) is 18.3 Å². The third kappa shape index (κ3) is 1.71. The second kappa shape index (κ2) is 3.85. The van der Waals surface area contributed by atoms with Crippen molar-refractivity contribution in [1.82, 2.24) is 20.1 Å². The van der Waals surface area contributed by atoms with Gasteiger partial charge in [-0.25, -0.2) is 0 Å². The van der Waals surface area contributed by atoms with Crippen LogP contribution in [0.5, 0.6) is 0 Å². The van der Waals surface area contributed by atoms with Crippen LogP contribution in [0, 0.1) is 0 Å². The number of aliphatic hydroxyl groups excluding tert-OH is 1. The van der Waals surface area contributed by atoms with Gasteiger partial charge in [-0.05, 0) is 6.42 Å². The molecule has 1 aromatic heterocycles. The summed E-state index contributed by atoms with van der Waals surface area (Å²) in [6, 6.07) is 0.517. The van der Waals surface area contributed by atoms with Crippen molar-refractivity contribution in [3.8, 4) is 0 Å². The van der Waals surface area contributed by atoms with Crippen molar-refractivity contribution in [2.75, 3.05) is 19.7 Å². The fourth-order valence-corrected chi connectivity index (χ4v) is 1.46. The molecule has 1 aliphatic rings. The number of rotatable bonds is 4. The number of hydrogen-bond donors (Lipinski definition) is 2. The number of nitrogens with zero attached hydrogens (tertiary/aromatic N) is 3. The Hall–Kier alpha value is -0.940. The molecule has 2 rings (SSSR count). The van der Waals surface area contributed by atoms with Crippen LogP contribution in [0.15, 0.2) is 6.33 Å². The van der Waals surface area contributed by atoms with Crippen molar-refractivity contribution in [2.24, 2.45) is 0 Å². The highest BCUT2D eigenvalue weighted by Crippen LogP contribution is 2.13. The highest BCUT2D eigenvalue weighted by atomic mass is 16.2. The number of aromatic nitrogens is 3. The van der Waals surface area contributed by atoms with E-state index in [-0.39, 0.29) is 6.61 Å². The average Bonchev–Trinajstić information content (AvgIpc) is 2.46. The first-order valence-corrected chi connectivity index (χ1v) is 4.62. The normalized spacial score (nSPS) is 17.3. The van der Waals surface area contributed by atoms with Gasteiger partial charge in [0.25, 0.3) is 0 Å². The number of hydrogen-bond acceptors (Lipinski definition) is 4. The summed E-state index contributed by atoms with van der Waals surface area (Å²) < 4.78 is 2.10. The molecule has 0 amide bonds. The van der Waals surface area contributed by atoms with Gasteiger partial charge in [0.05, 0.1) is 6.04 Å². The Labute approximate surface area is 76.8 Å². The molecule has 0 aromatic carbocycles. The van der Waals surface area contributed by atoms with E-state index in [9.17, 15) is 0 Å². The minimum atomic E-state index is 0.218. The summed E-state index contributed by atoms with van der Waals surface area (Å²) >= 11 is 0. The standard InChI is InChI=1S/C8H14N4O/c13-3-1-2-8-11-10-6-12(8)7-4-9-5-7/h6-7,9,13H,1-5H2. The lowest BCUT2D eigenvalue weighted by Gasteiger charge is -2.29. The second-order valence-electron chi connectivity index (χ2n) is 3.29. The van der Waals surface area contributed by atoms with Gasteiger partial charge in [-0.1, -0.05) is 0 Å². The Kier molecular flexibility index (Phi) is 2.56. The molecule has 5 nitrogen and oxygen atoms in total. The van der Waals surface area contributed by atoms with E-state index in [2.05, 4.69) is 20.1 Å². The molecular weight excluding hydrogens is 168 g/mol. The Balaban J connectivity index is 2.02. The second-order valence-corrected chi connectivity index (χ2v) is 3.29. The van der Waals surface area contributed by atoms with Crippen molar-refractivity contribution in [2.45, 2.75) is 18.9 Å². The van der Waals surface area contributed by atoms with Gasteiger partial charge in [0.1, 0.15) is 12.2 Å². The predicted octanol–water partition coefficient (Wildman–Crippen LogP) is -0.653. The number of aliphatic hydroxyl groups is 1. The third-order valence-corrected chi connectivity index (χ3v) is 2.36. The highest BCUT2D eigenvalue weighted by Gasteiger charge is 2.20. The van der Waals surface area contributed by atoms with Gasteiger partial charge in [-0.2, -0.15) is 0 Å². The van der Waals surface area contributed by atoms with Crippen molar-refractivity contribution < 1.29 is 5.11 Å². The lowest BCUT2D eigenvalue weighted by atomic mass is 10.1. The monoisotopic (exact) mass is 182 g/mol. The van der Waals surface area contributed by atoms with Gasteiger partial charge in [0.15, 0.2) is 0 Å². The van der Waals surface area contributed by atoms with E-state index in [1.54, 1.807) is 6.33 Å². The van der Waals surface area contributed by atoms with E-state index in [0.717, 1.165) is 31.8 Å². The first-order valence-electron chi connectivity index (χ1n) is 4.62. The fraction of sp³-hybridized carbons (Fsp3) is 0.750. The first kappa shape index (κ1) is 8.65. The Morgan fingerprint density at radius 3 is 3.08 bits per heavy atom. The van der Waals surface area contributed by atoms with Crippen LogP contribution in [0.2, 0.25) is 0 Å². The van der Waals surface area contributed by atoms with E-state index >= 15 is 0 Å². The summed E-state index contributed by atoms with van der Waals surface area (Å²) in [5, 5.41) is 19.8. The molecule has 0 radical (unpaired) electrons. The van der Waals surface area contributed by atoms with Crippen LogP contribution >= 0.6 is 0 Å². The zero-order valence-electron chi connectivity index (χ0n) is 7.48. The average molecular weight is 182 g/mol. The summed E-state index contributed by atoms with van der Waals surface area (Å²) in [6.45, 7) is 2.23. The summed E-state index contributed by atoms with van der Waals surface area (Å²) in [5.74, 6) is 0.987. The van der Waals surface area contributed by atoms with Crippen LogP contribution in [0.4, 0.5) is 0 Å². The summed E-state index contributed by atoms with van der Waals surface area (Å²) in [6.07, 6.45) is 3.35. The minimum absolute atomic E-state index is 0.218. The SMILES string of the molecule is OCCCc1nncn1C1CNC1. The largest absolute Gasteiger partial charge is 0.396 e. The molecule has 72 valence electrons. The Morgan fingerprint density at radius 1 is 1.62 bits per heavy atom. The first-order chi connectivity index (χ1) is 6.42. The van der Waals surface area contributed by atoms with Crippen LogP contribution in [-0.4, -0.2) is 39.6 Å². The third-order valence-electron chi connectivity index (χ3n) is 2.36. The molecule has 0 unspecified atom stereocenters. The van der Waals surface area contributed by atoms with E-state index < -0.39 is 0 Å². The summed E-state index contributed by atoms with van der Waals surface area (Å²) in [4.78, 5) is 0. The molecule has 13 heavy (non-hydrogen) atoms. The van der Waals surface area contributed by atoms with Crippen molar-refractivity contribution in [3.05, 3.63) is 12.2 Å². The molecule has 1 fully saturated rings. The van der Waals surface area contributed by atoms with Crippen LogP contribution in [0.25, 0.3) is 0 Å². The molecule has 5 heteroatoms. The van der Waals surface area contributed by atoms with E-state index in [0.29, 0.717) is 6.04 Å². The molecule has 1 saturated heterocycles. The van der Waals surface area contributed by atoms with Crippen molar-refractivity contribution in [3.63, 3.8) is 0 Å². The van der Waals surface area contributed by atoms with Gasteiger partial charge >= 0.3 is 0 Å². The van der Waals surface area contributed by atoms with Crippen molar-refractivity contribution >= 4 is 0 Å². The molecule has 2 N–H and O–H groups in total. The van der Waals surface area contributed by atoms with Gasteiger partial charge in [-0.15, -0.1) is 10.2 Å². The smallest absolute Gasteiger partial charge is 0.133 e. The van der Waals surface area contributed by atoms with Gasteiger partial charge in [0.2, 0.25) is 0 Å². The molecule has 0 bridgehead atoms. The Bertz CT molecular complexity index is 269. The van der Waals surface area contributed by atoms with Gasteiger partial charge in [0, 0.05) is 26.1 Å². The van der Waals surface area contributed by atoms with E-state index in [1.807, 2.05) is 0 Å². The quantitative estimate of drug-likeness (QED) is 0.649. The lowest BCUT2D eigenvalue weighted by Crippen LogP contribution is -2.43. The number of aryl methyl sites for hydroxylation is 1. The molecule has 0 atom stereocenters. The molecule has 2 heterocycles. The lowest BCUT2D eigenvalue weighted by molar-refractivity contribution is 0.283. The van der Waals surface area contributed by atoms with E-state index in [1.165, 1.54) is 0 Å². The maximum atomic E-state index is 8.70. The van der Waals surface area contributed by atoms with Gasteiger partial charge in [-0.3, -0.25) is 0 Å². The van der Waals surface area contributed by atoms with Crippen molar-refractivity contribution in [1.29, 1.82) is 0 Å². The Morgan fingerprint density at radius 2 is 2.46 bits per heavy atom. The number of nitrogens with one attached hydrogen (secondary N) is 1. The maximum absolute atomic E-state index is 8.70. The summed E-state index contributed by atoms with van der Waals surface area (Å²) in [7, 11) is 0. The van der Waals surface area contributed by atoms with Crippen LogP contribution in [0.3, 0.4) is 0 Å². The van der Waals surface area contributed by atoms with Crippen LogP contribution < -0.4 is 5.32 Å². The molecule has 1 aromatic rings. The molecule has 0 aliphatic carbocycles. The topological polar surface area (TPSA) is 63.0 Å². The molecule has 1 aliphatic heterocycles. The molecule has 0 spiro atoms. The zero-order chi connectivity index (χ0) is 9.10. The minimum Gasteiger partial charge on any atom is -0.396 e. The van der Waals surface area contributed by atoms with E-state index in [4.69, 9.17) is 5.11 Å².